The summed E-state index contributed by atoms with van der Waals surface area (Å²) in [4.78, 5) is 14.9. The Morgan fingerprint density at radius 1 is 1.16 bits per heavy atom. The molecule has 0 bridgehead atoms. The highest BCUT2D eigenvalue weighted by molar-refractivity contribution is 5.94. The van der Waals surface area contributed by atoms with E-state index in [0.717, 1.165) is 43.6 Å². The van der Waals surface area contributed by atoms with Crippen molar-refractivity contribution in [3.8, 4) is 22.5 Å². The van der Waals surface area contributed by atoms with Gasteiger partial charge in [-0.05, 0) is 61.8 Å². The molecule has 0 saturated carbocycles. The highest BCUT2D eigenvalue weighted by atomic mass is 19.4. The fourth-order valence-electron chi connectivity index (χ4n) is 4.13. The number of alkyl halides is 3. The molecule has 0 spiro atoms. The first-order valence-corrected chi connectivity index (χ1v) is 10.7. The molecule has 1 saturated heterocycles. The number of benzene rings is 2. The average molecular weight is 442 g/mol. The number of aromatic amines is 1. The number of nitrogens with one attached hydrogen (secondary N) is 2. The zero-order valence-electron chi connectivity index (χ0n) is 17.7. The van der Waals surface area contributed by atoms with Gasteiger partial charge in [-0.1, -0.05) is 31.2 Å². The predicted octanol–water partition coefficient (Wildman–Crippen LogP) is 4.98. The SMILES string of the molecule is CCN1CCCC1CNC(=O)c1ccc(-c2cc(-c3cccc(C(F)(F)F)c3)n[nH]2)cc1. The van der Waals surface area contributed by atoms with Crippen LogP contribution in [0.3, 0.4) is 0 Å². The molecule has 2 N–H and O–H groups in total. The van der Waals surface area contributed by atoms with Crippen molar-refractivity contribution in [3.63, 3.8) is 0 Å². The van der Waals surface area contributed by atoms with E-state index < -0.39 is 11.7 Å². The van der Waals surface area contributed by atoms with Crippen molar-refractivity contribution in [2.75, 3.05) is 19.6 Å². The molecular formula is C24H25F3N4O. The zero-order chi connectivity index (χ0) is 22.7. The van der Waals surface area contributed by atoms with E-state index in [0.29, 0.717) is 35.1 Å². The molecule has 168 valence electrons. The van der Waals surface area contributed by atoms with Crippen molar-refractivity contribution >= 4 is 5.91 Å². The number of carbonyl (C=O) groups is 1. The molecule has 4 rings (SSSR count). The largest absolute Gasteiger partial charge is 0.416 e. The maximum atomic E-state index is 13.0. The van der Waals surface area contributed by atoms with Gasteiger partial charge in [0.25, 0.3) is 5.91 Å². The summed E-state index contributed by atoms with van der Waals surface area (Å²) < 4.78 is 38.9. The van der Waals surface area contributed by atoms with Gasteiger partial charge in [-0.25, -0.2) is 0 Å². The Labute approximate surface area is 184 Å². The molecule has 1 aromatic heterocycles. The number of halogens is 3. The molecule has 1 unspecified atom stereocenters. The minimum absolute atomic E-state index is 0.117. The van der Waals surface area contributed by atoms with Gasteiger partial charge in [-0.2, -0.15) is 18.3 Å². The van der Waals surface area contributed by atoms with Crippen molar-refractivity contribution in [2.45, 2.75) is 32.0 Å². The van der Waals surface area contributed by atoms with Crippen LogP contribution in [0, 0.1) is 0 Å². The fraction of sp³-hybridized carbons (Fsp3) is 0.333. The summed E-state index contributed by atoms with van der Waals surface area (Å²) in [7, 11) is 0. The first-order valence-electron chi connectivity index (χ1n) is 10.7. The molecule has 1 aliphatic heterocycles. The molecular weight excluding hydrogens is 417 g/mol. The van der Waals surface area contributed by atoms with E-state index in [-0.39, 0.29) is 5.91 Å². The Morgan fingerprint density at radius 2 is 1.94 bits per heavy atom. The number of hydrogen-bond donors (Lipinski definition) is 2. The Balaban J connectivity index is 1.43. The number of likely N-dealkylation sites (N-methyl/N-ethyl adjacent to an activating group) is 1. The van der Waals surface area contributed by atoms with Gasteiger partial charge in [-0.15, -0.1) is 0 Å². The van der Waals surface area contributed by atoms with E-state index in [4.69, 9.17) is 0 Å². The lowest BCUT2D eigenvalue weighted by Crippen LogP contribution is -2.40. The van der Waals surface area contributed by atoms with E-state index in [1.54, 1.807) is 36.4 Å². The third-order valence-corrected chi connectivity index (χ3v) is 5.93. The number of H-pyrrole nitrogens is 1. The van der Waals surface area contributed by atoms with Crippen molar-refractivity contribution in [1.82, 2.24) is 20.4 Å². The van der Waals surface area contributed by atoms with E-state index >= 15 is 0 Å². The van der Waals surface area contributed by atoms with Gasteiger partial charge in [0.15, 0.2) is 0 Å². The van der Waals surface area contributed by atoms with E-state index in [1.807, 2.05) is 0 Å². The van der Waals surface area contributed by atoms with Crippen LogP contribution in [-0.4, -0.2) is 46.7 Å². The number of aromatic nitrogens is 2. The third-order valence-electron chi connectivity index (χ3n) is 5.93. The molecule has 1 atom stereocenters. The minimum Gasteiger partial charge on any atom is -0.350 e. The summed E-state index contributed by atoms with van der Waals surface area (Å²) in [5, 5.41) is 10.0. The first-order chi connectivity index (χ1) is 15.3. The van der Waals surface area contributed by atoms with Crippen molar-refractivity contribution in [1.29, 1.82) is 0 Å². The van der Waals surface area contributed by atoms with Crippen molar-refractivity contribution in [2.24, 2.45) is 0 Å². The highest BCUT2D eigenvalue weighted by Crippen LogP contribution is 2.32. The molecule has 0 aliphatic carbocycles. The molecule has 8 heteroatoms. The van der Waals surface area contributed by atoms with Crippen LogP contribution in [-0.2, 0) is 6.18 Å². The van der Waals surface area contributed by atoms with E-state index in [2.05, 4.69) is 27.3 Å². The molecule has 5 nitrogen and oxygen atoms in total. The molecule has 0 radical (unpaired) electrons. The van der Waals surface area contributed by atoms with Crippen LogP contribution in [0.2, 0.25) is 0 Å². The van der Waals surface area contributed by atoms with Gasteiger partial charge < -0.3 is 5.32 Å². The Hall–Kier alpha value is -3.13. The second kappa shape index (κ2) is 9.16. The second-order valence-electron chi connectivity index (χ2n) is 7.96. The summed E-state index contributed by atoms with van der Waals surface area (Å²) in [6.07, 6.45) is -2.14. The van der Waals surface area contributed by atoms with Gasteiger partial charge in [0.05, 0.1) is 17.0 Å². The summed E-state index contributed by atoms with van der Waals surface area (Å²) in [6.45, 7) is 4.84. The van der Waals surface area contributed by atoms with Gasteiger partial charge in [0, 0.05) is 23.7 Å². The lowest BCUT2D eigenvalue weighted by molar-refractivity contribution is -0.137. The van der Waals surface area contributed by atoms with E-state index in [1.165, 1.54) is 6.07 Å². The lowest BCUT2D eigenvalue weighted by atomic mass is 10.1. The van der Waals surface area contributed by atoms with Crippen LogP contribution in [0.4, 0.5) is 13.2 Å². The van der Waals surface area contributed by atoms with Crippen LogP contribution in [0.5, 0.6) is 0 Å². The smallest absolute Gasteiger partial charge is 0.350 e. The third kappa shape index (κ3) is 4.85. The van der Waals surface area contributed by atoms with Gasteiger partial charge in [0.1, 0.15) is 0 Å². The topological polar surface area (TPSA) is 61.0 Å². The number of likely N-dealkylation sites (tertiary alicyclic amines) is 1. The Morgan fingerprint density at radius 3 is 2.66 bits per heavy atom. The minimum atomic E-state index is -4.40. The van der Waals surface area contributed by atoms with Gasteiger partial charge >= 0.3 is 6.18 Å². The van der Waals surface area contributed by atoms with Crippen LogP contribution in [0.25, 0.3) is 22.5 Å². The standard InChI is InChI=1S/C24H25F3N4O/c1-2-31-12-4-7-20(31)15-28-23(32)17-10-8-16(9-11-17)21-14-22(30-29-21)18-5-3-6-19(13-18)24(25,26)27/h3,5-6,8-11,13-14,20H,2,4,7,12,15H2,1H3,(H,28,32)(H,29,30). The van der Waals surface area contributed by atoms with Crippen molar-refractivity contribution in [3.05, 3.63) is 65.7 Å². The number of amides is 1. The highest BCUT2D eigenvalue weighted by Gasteiger charge is 2.30. The molecule has 2 heterocycles. The van der Waals surface area contributed by atoms with Gasteiger partial charge in [0.2, 0.25) is 0 Å². The van der Waals surface area contributed by atoms with Crippen LogP contribution in [0.15, 0.2) is 54.6 Å². The molecule has 3 aromatic rings. The summed E-state index contributed by atoms with van der Waals surface area (Å²) >= 11 is 0. The predicted molar refractivity (Wildman–Crippen MR) is 117 cm³/mol. The Kier molecular flexibility index (Phi) is 6.32. The number of rotatable bonds is 6. The maximum absolute atomic E-state index is 13.0. The lowest BCUT2D eigenvalue weighted by Gasteiger charge is -2.22. The zero-order valence-corrected chi connectivity index (χ0v) is 17.7. The van der Waals surface area contributed by atoms with E-state index in [9.17, 15) is 18.0 Å². The number of carbonyl (C=O) groups excluding carboxylic acids is 1. The number of nitrogens with zero attached hydrogens (tertiary/aromatic N) is 2. The fourth-order valence-corrected chi connectivity index (χ4v) is 4.13. The maximum Gasteiger partial charge on any atom is 0.416 e. The first kappa shape index (κ1) is 22.1. The second-order valence-corrected chi connectivity index (χ2v) is 7.96. The van der Waals surface area contributed by atoms with Crippen molar-refractivity contribution < 1.29 is 18.0 Å². The average Bonchev–Trinajstić information content (AvgIpc) is 3.46. The molecule has 1 amide bonds. The summed E-state index contributed by atoms with van der Waals surface area (Å²) in [5.74, 6) is -0.117. The molecule has 32 heavy (non-hydrogen) atoms. The Bertz CT molecular complexity index is 1080. The summed E-state index contributed by atoms with van der Waals surface area (Å²) in [6, 6.07) is 14.2. The van der Waals surface area contributed by atoms with Gasteiger partial charge in [-0.3, -0.25) is 14.8 Å². The quantitative estimate of drug-likeness (QED) is 0.566. The van der Waals surface area contributed by atoms with Crippen LogP contribution < -0.4 is 5.32 Å². The number of hydrogen-bond acceptors (Lipinski definition) is 3. The molecule has 1 aliphatic rings. The summed E-state index contributed by atoms with van der Waals surface area (Å²) in [5.41, 5.74) is 2.10. The van der Waals surface area contributed by atoms with Crippen LogP contribution in [0.1, 0.15) is 35.7 Å². The van der Waals surface area contributed by atoms with Crippen LogP contribution >= 0.6 is 0 Å². The molecule has 1 fully saturated rings. The molecule has 2 aromatic carbocycles. The normalized spacial score (nSPS) is 16.9. The monoisotopic (exact) mass is 442 g/mol.